The number of alkyl carbamates (subject to hydrolysis) is 1. The van der Waals surface area contributed by atoms with Gasteiger partial charge in [0.2, 0.25) is 0 Å². The van der Waals surface area contributed by atoms with Crippen molar-refractivity contribution < 1.29 is 23.9 Å². The van der Waals surface area contributed by atoms with Gasteiger partial charge >= 0.3 is 12.1 Å². The highest BCUT2D eigenvalue weighted by Gasteiger charge is 2.50. The molecule has 1 saturated carbocycles. The number of amides is 1. The van der Waals surface area contributed by atoms with Crippen molar-refractivity contribution in [1.29, 1.82) is 0 Å². The van der Waals surface area contributed by atoms with Crippen molar-refractivity contribution in [2.24, 2.45) is 11.8 Å². The third kappa shape index (κ3) is 4.26. The van der Waals surface area contributed by atoms with E-state index in [1.165, 1.54) is 7.11 Å². The molecule has 1 amide bonds. The largest absolute Gasteiger partial charge is 0.469 e. The fourth-order valence-corrected chi connectivity index (χ4v) is 3.57. The Morgan fingerprint density at radius 2 is 1.96 bits per heavy atom. The van der Waals surface area contributed by atoms with Gasteiger partial charge in [0.05, 0.1) is 19.1 Å². The highest BCUT2D eigenvalue weighted by molar-refractivity contribution is 5.76. The monoisotopic (exact) mass is 354 g/mol. The molecular formula is C18H30N2O5. The lowest BCUT2D eigenvalue weighted by molar-refractivity contribution is -0.150. The van der Waals surface area contributed by atoms with Crippen LogP contribution in [0, 0.1) is 11.8 Å². The lowest BCUT2D eigenvalue weighted by atomic mass is 9.93. The number of methoxy groups -OCH3 is 1. The molecule has 25 heavy (non-hydrogen) atoms. The van der Waals surface area contributed by atoms with Crippen molar-refractivity contribution in [3.05, 3.63) is 11.3 Å². The Labute approximate surface area is 149 Å². The van der Waals surface area contributed by atoms with Crippen molar-refractivity contribution in [1.82, 2.24) is 10.8 Å². The van der Waals surface area contributed by atoms with Gasteiger partial charge in [0.1, 0.15) is 11.7 Å². The van der Waals surface area contributed by atoms with E-state index in [0.29, 0.717) is 12.3 Å². The standard InChI is InChI=1S/C18H30N2O5/c1-7-10(8-2)14-13-12(19-17(22)24-18(3,4)5)9-11(16(21)23-6)15(13)25-20-14/h10-12,15,20H,7-9H2,1-6H3,(H,19,22)/t11-,12+,15+/m0/s1. The number of hydroxylamine groups is 1. The summed E-state index contributed by atoms with van der Waals surface area (Å²) in [6.45, 7) is 9.67. The van der Waals surface area contributed by atoms with Gasteiger partial charge in [0.25, 0.3) is 0 Å². The van der Waals surface area contributed by atoms with Crippen LogP contribution in [-0.2, 0) is 19.1 Å². The Morgan fingerprint density at radius 3 is 2.48 bits per heavy atom. The number of allylic oxidation sites excluding steroid dienone is 1. The van der Waals surface area contributed by atoms with Crippen LogP contribution in [0.2, 0.25) is 0 Å². The van der Waals surface area contributed by atoms with Crippen LogP contribution in [0.15, 0.2) is 11.3 Å². The van der Waals surface area contributed by atoms with Gasteiger partial charge in [0.15, 0.2) is 0 Å². The van der Waals surface area contributed by atoms with Crippen LogP contribution >= 0.6 is 0 Å². The first kappa shape index (κ1) is 19.6. The third-order valence-electron chi connectivity index (χ3n) is 4.73. The number of fused-ring (bicyclic) bond motifs is 1. The van der Waals surface area contributed by atoms with Crippen molar-refractivity contribution >= 4 is 12.1 Å². The number of ether oxygens (including phenoxy) is 2. The normalized spacial score (nSPS) is 25.6. The maximum atomic E-state index is 12.2. The van der Waals surface area contributed by atoms with Gasteiger partial charge in [-0.25, -0.2) is 4.79 Å². The molecular weight excluding hydrogens is 324 g/mol. The molecule has 7 heteroatoms. The lowest BCUT2D eigenvalue weighted by Crippen LogP contribution is -2.39. The average Bonchev–Trinajstić information content (AvgIpc) is 3.08. The fourth-order valence-electron chi connectivity index (χ4n) is 3.57. The summed E-state index contributed by atoms with van der Waals surface area (Å²) in [4.78, 5) is 30.1. The number of hydrogen-bond donors (Lipinski definition) is 2. The molecule has 142 valence electrons. The van der Waals surface area contributed by atoms with E-state index in [-0.39, 0.29) is 12.0 Å². The van der Waals surface area contributed by atoms with Gasteiger partial charge in [-0.05, 0) is 40.0 Å². The van der Waals surface area contributed by atoms with E-state index in [0.717, 1.165) is 24.1 Å². The minimum atomic E-state index is -0.582. The van der Waals surface area contributed by atoms with Crippen LogP contribution in [0.1, 0.15) is 53.9 Å². The van der Waals surface area contributed by atoms with E-state index >= 15 is 0 Å². The van der Waals surface area contributed by atoms with E-state index in [1.54, 1.807) is 0 Å². The zero-order chi connectivity index (χ0) is 18.8. The molecule has 0 aromatic rings. The maximum Gasteiger partial charge on any atom is 0.408 e. The number of nitrogens with one attached hydrogen (secondary N) is 2. The van der Waals surface area contributed by atoms with Crippen LogP contribution in [-0.4, -0.2) is 36.9 Å². The molecule has 1 fully saturated rings. The van der Waals surface area contributed by atoms with E-state index < -0.39 is 23.7 Å². The summed E-state index contributed by atoms with van der Waals surface area (Å²) in [6.07, 6.45) is 1.42. The number of carbonyl (C=O) groups is 2. The second kappa shape index (κ2) is 7.64. The number of hydrogen-bond acceptors (Lipinski definition) is 6. The molecule has 3 atom stereocenters. The summed E-state index contributed by atoms with van der Waals surface area (Å²) in [5.41, 5.74) is 4.33. The molecule has 1 heterocycles. The first-order valence-electron chi connectivity index (χ1n) is 8.94. The number of esters is 1. The Morgan fingerprint density at radius 1 is 1.32 bits per heavy atom. The molecule has 7 nitrogen and oxygen atoms in total. The second-order valence-electron chi connectivity index (χ2n) is 7.59. The zero-order valence-corrected chi connectivity index (χ0v) is 16.0. The highest BCUT2D eigenvalue weighted by Crippen LogP contribution is 2.41. The quantitative estimate of drug-likeness (QED) is 0.738. The summed E-state index contributed by atoms with van der Waals surface area (Å²) >= 11 is 0. The van der Waals surface area contributed by atoms with Crippen molar-refractivity contribution in [2.45, 2.75) is 71.6 Å². The predicted octanol–water partition coefficient (Wildman–Crippen LogP) is 2.67. The number of rotatable bonds is 5. The zero-order valence-electron chi connectivity index (χ0n) is 16.0. The molecule has 2 rings (SSSR count). The Balaban J connectivity index is 2.28. The van der Waals surface area contributed by atoms with Crippen LogP contribution in [0.3, 0.4) is 0 Å². The molecule has 2 N–H and O–H groups in total. The predicted molar refractivity (Wildman–Crippen MR) is 92.4 cm³/mol. The summed E-state index contributed by atoms with van der Waals surface area (Å²) in [6, 6.07) is -0.311. The molecule has 0 unspecified atom stereocenters. The SMILES string of the molecule is CCC(CC)C1=C2[C@H](NC(=O)OC(C)(C)C)C[C@H](C(=O)OC)[C@H]2ON1. The van der Waals surface area contributed by atoms with Crippen LogP contribution < -0.4 is 10.8 Å². The van der Waals surface area contributed by atoms with Crippen LogP contribution in [0.25, 0.3) is 0 Å². The van der Waals surface area contributed by atoms with Crippen molar-refractivity contribution in [3.63, 3.8) is 0 Å². The summed E-state index contributed by atoms with van der Waals surface area (Å²) in [5, 5.41) is 2.90. The first-order chi connectivity index (χ1) is 11.7. The fraction of sp³-hybridized carbons (Fsp3) is 0.778. The van der Waals surface area contributed by atoms with E-state index in [1.807, 2.05) is 20.8 Å². The number of carbonyl (C=O) groups excluding carboxylic acids is 2. The summed E-state index contributed by atoms with van der Waals surface area (Å²) < 4.78 is 10.3. The van der Waals surface area contributed by atoms with Gasteiger partial charge < -0.3 is 14.8 Å². The Kier molecular flexibility index (Phi) is 5.98. The topological polar surface area (TPSA) is 85.9 Å². The van der Waals surface area contributed by atoms with Crippen LogP contribution in [0.4, 0.5) is 4.79 Å². The lowest BCUT2D eigenvalue weighted by Gasteiger charge is -2.23. The van der Waals surface area contributed by atoms with Gasteiger partial charge in [-0.1, -0.05) is 13.8 Å². The van der Waals surface area contributed by atoms with Gasteiger partial charge in [-0.15, -0.1) is 0 Å². The van der Waals surface area contributed by atoms with Gasteiger partial charge in [-0.3, -0.25) is 15.1 Å². The minimum absolute atomic E-state index is 0.291. The molecule has 2 aliphatic rings. The molecule has 1 aliphatic carbocycles. The van der Waals surface area contributed by atoms with Crippen LogP contribution in [0.5, 0.6) is 0 Å². The molecule has 0 aromatic carbocycles. The van der Waals surface area contributed by atoms with Gasteiger partial charge in [-0.2, -0.15) is 0 Å². The van der Waals surface area contributed by atoms with E-state index in [4.69, 9.17) is 14.3 Å². The second-order valence-corrected chi connectivity index (χ2v) is 7.59. The van der Waals surface area contributed by atoms with Crippen molar-refractivity contribution in [3.8, 4) is 0 Å². The summed E-state index contributed by atoms with van der Waals surface area (Å²) in [5.74, 6) is -0.484. The Bertz CT molecular complexity index is 548. The maximum absolute atomic E-state index is 12.2. The van der Waals surface area contributed by atoms with Crippen molar-refractivity contribution in [2.75, 3.05) is 7.11 Å². The smallest absolute Gasteiger partial charge is 0.408 e. The van der Waals surface area contributed by atoms with Gasteiger partial charge in [0, 0.05) is 17.2 Å². The van der Waals surface area contributed by atoms with E-state index in [2.05, 4.69) is 24.6 Å². The molecule has 0 saturated heterocycles. The Hall–Kier alpha value is -1.76. The molecule has 1 aliphatic heterocycles. The minimum Gasteiger partial charge on any atom is -0.469 e. The molecule has 0 spiro atoms. The molecule has 0 bridgehead atoms. The van der Waals surface area contributed by atoms with E-state index in [9.17, 15) is 9.59 Å². The average molecular weight is 354 g/mol. The first-order valence-corrected chi connectivity index (χ1v) is 8.94. The molecule has 0 aromatic heterocycles. The highest BCUT2D eigenvalue weighted by atomic mass is 16.7. The molecule has 0 radical (unpaired) electrons. The summed E-state index contributed by atoms with van der Waals surface area (Å²) in [7, 11) is 1.37. The third-order valence-corrected chi connectivity index (χ3v) is 4.73.